The first-order chi connectivity index (χ1) is 10.9. The maximum Gasteiger partial charge on any atom is 0.0717 e. The van der Waals surface area contributed by atoms with Crippen molar-refractivity contribution in [2.75, 3.05) is 0 Å². The van der Waals surface area contributed by atoms with Crippen molar-refractivity contribution < 1.29 is 5.11 Å². The van der Waals surface area contributed by atoms with Gasteiger partial charge in [-0.3, -0.25) is 0 Å². The van der Waals surface area contributed by atoms with E-state index in [1.165, 1.54) is 17.5 Å². The Morgan fingerprint density at radius 2 is 2.13 bits per heavy atom. The van der Waals surface area contributed by atoms with Crippen LogP contribution >= 0.6 is 0 Å². The Kier molecular flexibility index (Phi) is 6.32. The molecule has 0 amide bonds. The minimum atomic E-state index is -0.329. The van der Waals surface area contributed by atoms with Crippen molar-refractivity contribution in [2.45, 2.75) is 59.0 Å². The molecule has 1 aromatic rings. The van der Waals surface area contributed by atoms with Crippen LogP contribution in [0.15, 0.2) is 24.3 Å². The summed E-state index contributed by atoms with van der Waals surface area (Å²) in [6.45, 7) is 10.6. The van der Waals surface area contributed by atoms with Crippen LogP contribution in [0, 0.1) is 41.7 Å². The molecule has 23 heavy (non-hydrogen) atoms. The van der Waals surface area contributed by atoms with E-state index in [1.807, 2.05) is 6.07 Å². The molecule has 1 aliphatic rings. The zero-order valence-corrected chi connectivity index (χ0v) is 14.7. The van der Waals surface area contributed by atoms with Gasteiger partial charge in [0.15, 0.2) is 0 Å². The van der Waals surface area contributed by atoms with Gasteiger partial charge >= 0.3 is 0 Å². The fraction of sp³-hybridized carbons (Fsp3) is 0.545. The Bertz CT molecular complexity index is 587. The minimum absolute atomic E-state index is 0.0715. The molecule has 3 atom stereocenters. The van der Waals surface area contributed by atoms with E-state index < -0.39 is 0 Å². The van der Waals surface area contributed by atoms with Crippen molar-refractivity contribution in [1.29, 1.82) is 0 Å². The quantitative estimate of drug-likeness (QED) is 0.632. The van der Waals surface area contributed by atoms with Crippen LogP contribution in [-0.4, -0.2) is 11.2 Å². The Labute approximate surface area is 141 Å². The molecule has 0 saturated heterocycles. The third-order valence-electron chi connectivity index (χ3n) is 4.37. The topological polar surface area (TPSA) is 20.2 Å². The molecule has 1 saturated carbocycles. The van der Waals surface area contributed by atoms with Gasteiger partial charge in [0, 0.05) is 11.5 Å². The largest absolute Gasteiger partial charge is 0.391 e. The number of hydrogen-bond acceptors (Lipinski definition) is 1. The van der Waals surface area contributed by atoms with Gasteiger partial charge < -0.3 is 5.11 Å². The maximum atomic E-state index is 9.93. The predicted molar refractivity (Wildman–Crippen MR) is 95.8 cm³/mol. The van der Waals surface area contributed by atoms with Gasteiger partial charge in [-0.2, -0.15) is 0 Å². The highest BCUT2D eigenvalue weighted by atomic mass is 16.3. The number of aliphatic hydroxyl groups is 1. The molecule has 0 aromatic heterocycles. The van der Waals surface area contributed by atoms with Gasteiger partial charge in [0.25, 0.3) is 0 Å². The second-order valence-corrected chi connectivity index (χ2v) is 7.32. The molecule has 1 nitrogen and oxygen atoms in total. The molecule has 0 spiro atoms. The zero-order valence-electron chi connectivity index (χ0n) is 14.7. The van der Waals surface area contributed by atoms with E-state index in [4.69, 9.17) is 0 Å². The predicted octanol–water partition coefficient (Wildman–Crippen LogP) is 4.38. The van der Waals surface area contributed by atoms with E-state index in [0.29, 0.717) is 12.3 Å². The van der Waals surface area contributed by atoms with Gasteiger partial charge in [0.2, 0.25) is 0 Å². The lowest BCUT2D eigenvalue weighted by atomic mass is 9.97. The van der Waals surface area contributed by atoms with Gasteiger partial charge in [-0.15, -0.1) is 0 Å². The zero-order chi connectivity index (χ0) is 16.8. The standard InChI is InChI=1S/C22H28O/c1-16(2)8-10-19-6-5-7-20(15-19)12-17(3)9-11-21-13-18(4)14-22(21)23/h7,15-17,21-23H,4,8,10,12-14H2,1-3H3. The molecule has 1 heteroatoms. The van der Waals surface area contributed by atoms with E-state index in [9.17, 15) is 5.11 Å². The Balaban J connectivity index is 1.91. The van der Waals surface area contributed by atoms with Crippen molar-refractivity contribution in [3.8, 4) is 11.8 Å². The Morgan fingerprint density at radius 3 is 2.78 bits per heavy atom. The van der Waals surface area contributed by atoms with Crippen LogP contribution in [0.1, 0.15) is 51.2 Å². The van der Waals surface area contributed by atoms with Gasteiger partial charge in [-0.1, -0.05) is 56.9 Å². The average Bonchev–Trinajstić information content (AvgIpc) is 2.81. The molecule has 0 radical (unpaired) electrons. The third-order valence-corrected chi connectivity index (χ3v) is 4.37. The summed E-state index contributed by atoms with van der Waals surface area (Å²) >= 11 is 0. The van der Waals surface area contributed by atoms with Crippen LogP contribution in [0.3, 0.4) is 0 Å². The van der Waals surface area contributed by atoms with Crippen molar-refractivity contribution in [3.05, 3.63) is 47.5 Å². The Hall–Kier alpha value is -1.70. The summed E-state index contributed by atoms with van der Waals surface area (Å²) in [5.74, 6) is 7.64. The number of rotatable bonds is 5. The fourth-order valence-electron chi connectivity index (χ4n) is 2.99. The summed E-state index contributed by atoms with van der Waals surface area (Å²) < 4.78 is 0. The lowest BCUT2D eigenvalue weighted by molar-refractivity contribution is 0.158. The van der Waals surface area contributed by atoms with Gasteiger partial charge in [-0.25, -0.2) is 0 Å². The van der Waals surface area contributed by atoms with E-state index >= 15 is 0 Å². The van der Waals surface area contributed by atoms with Gasteiger partial charge in [-0.05, 0) is 55.7 Å². The molecule has 1 fully saturated rings. The molecule has 0 aliphatic heterocycles. The normalized spacial score (nSPS) is 21.7. The molecule has 122 valence electrons. The molecular formula is C22H28O. The summed E-state index contributed by atoms with van der Waals surface area (Å²) in [7, 11) is 0. The number of aryl methyl sites for hydroxylation is 1. The summed E-state index contributed by atoms with van der Waals surface area (Å²) in [4.78, 5) is 0. The summed E-state index contributed by atoms with van der Waals surface area (Å²) in [5.41, 5.74) is 3.65. The average molecular weight is 308 g/mol. The SMILES string of the molecule is C=C1CC(O)C(C#CC(C)Cc2cc#cc(CCC(C)C)c2)C1. The van der Waals surface area contributed by atoms with Crippen LogP contribution in [0.4, 0.5) is 0 Å². The molecule has 2 rings (SSSR count). The molecular weight excluding hydrogens is 280 g/mol. The van der Waals surface area contributed by atoms with E-state index in [2.05, 4.69) is 57.4 Å². The van der Waals surface area contributed by atoms with Crippen molar-refractivity contribution >= 4 is 0 Å². The van der Waals surface area contributed by atoms with E-state index in [0.717, 1.165) is 24.8 Å². The molecule has 1 aliphatic carbocycles. The highest BCUT2D eigenvalue weighted by Gasteiger charge is 2.25. The summed E-state index contributed by atoms with van der Waals surface area (Å²) in [6.07, 6.45) is 4.40. The molecule has 0 heterocycles. The number of hydrogen-bond donors (Lipinski definition) is 1. The second kappa shape index (κ2) is 8.24. The van der Waals surface area contributed by atoms with Crippen LogP contribution < -0.4 is 0 Å². The first-order valence-corrected chi connectivity index (χ1v) is 8.71. The van der Waals surface area contributed by atoms with E-state index in [-0.39, 0.29) is 17.9 Å². The molecule has 0 bridgehead atoms. The minimum Gasteiger partial charge on any atom is -0.391 e. The first kappa shape index (κ1) is 17.7. The third kappa shape index (κ3) is 5.78. The highest BCUT2D eigenvalue weighted by molar-refractivity contribution is 5.22. The molecule has 1 aromatic carbocycles. The van der Waals surface area contributed by atoms with Gasteiger partial charge in [0.1, 0.15) is 0 Å². The van der Waals surface area contributed by atoms with Crippen LogP contribution in [-0.2, 0) is 12.8 Å². The summed E-state index contributed by atoms with van der Waals surface area (Å²) in [6, 6.07) is 10.6. The smallest absolute Gasteiger partial charge is 0.0717 e. The lowest BCUT2D eigenvalue weighted by Crippen LogP contribution is -2.11. The lowest BCUT2D eigenvalue weighted by Gasteiger charge is -2.08. The van der Waals surface area contributed by atoms with Crippen molar-refractivity contribution in [1.82, 2.24) is 0 Å². The van der Waals surface area contributed by atoms with Gasteiger partial charge in [0.05, 0.1) is 12.0 Å². The van der Waals surface area contributed by atoms with E-state index in [1.54, 1.807) is 0 Å². The van der Waals surface area contributed by atoms with Crippen LogP contribution in [0.5, 0.6) is 0 Å². The van der Waals surface area contributed by atoms with Crippen molar-refractivity contribution in [3.63, 3.8) is 0 Å². The molecule has 1 N–H and O–H groups in total. The first-order valence-electron chi connectivity index (χ1n) is 8.71. The maximum absolute atomic E-state index is 9.93. The molecule has 3 unspecified atom stereocenters. The van der Waals surface area contributed by atoms with Crippen LogP contribution in [0.25, 0.3) is 0 Å². The fourth-order valence-corrected chi connectivity index (χ4v) is 2.99. The highest BCUT2D eigenvalue weighted by Crippen LogP contribution is 2.28. The summed E-state index contributed by atoms with van der Waals surface area (Å²) in [5, 5.41) is 9.93. The Morgan fingerprint density at radius 1 is 1.35 bits per heavy atom. The number of aliphatic hydroxyl groups excluding tert-OH is 1. The second-order valence-electron chi connectivity index (χ2n) is 7.32. The van der Waals surface area contributed by atoms with Crippen LogP contribution in [0.2, 0.25) is 0 Å². The van der Waals surface area contributed by atoms with Crippen molar-refractivity contribution in [2.24, 2.45) is 17.8 Å². The monoisotopic (exact) mass is 308 g/mol.